The Bertz CT molecular complexity index is 823. The van der Waals surface area contributed by atoms with Crippen molar-refractivity contribution in [2.75, 3.05) is 12.4 Å². The van der Waals surface area contributed by atoms with E-state index in [4.69, 9.17) is 10.00 Å². The van der Waals surface area contributed by atoms with E-state index in [1.807, 2.05) is 26.8 Å². The highest BCUT2D eigenvalue weighted by atomic mass is 19.2. The maximum atomic E-state index is 12.5. The lowest BCUT2D eigenvalue weighted by atomic mass is 10.2. The summed E-state index contributed by atoms with van der Waals surface area (Å²) in [7, 11) is 1.29. The van der Waals surface area contributed by atoms with Crippen LogP contribution in [0.15, 0.2) is 36.5 Å². The van der Waals surface area contributed by atoms with E-state index in [2.05, 4.69) is 15.0 Å². The molecule has 1 aliphatic rings. The highest BCUT2D eigenvalue weighted by Crippen LogP contribution is 2.20. The Morgan fingerprint density at radius 2 is 2.00 bits per heavy atom. The zero-order valence-electron chi connectivity index (χ0n) is 16.9. The number of nitrogens with one attached hydrogen (secondary N) is 1. The zero-order chi connectivity index (χ0) is 21.8. The molecule has 1 aromatic heterocycles. The van der Waals surface area contributed by atoms with E-state index < -0.39 is 11.6 Å². The molecule has 0 aliphatic carbocycles. The number of hydrogen-bond donors (Lipinski definition) is 1. The lowest BCUT2D eigenvalue weighted by Gasteiger charge is -2.11. The predicted octanol–water partition coefficient (Wildman–Crippen LogP) is 4.46. The molecule has 2 unspecified atom stereocenters. The fourth-order valence-corrected chi connectivity index (χ4v) is 2.39. The number of rotatable bonds is 3. The van der Waals surface area contributed by atoms with Crippen LogP contribution in [-0.2, 0) is 9.53 Å². The predicted molar refractivity (Wildman–Crippen MR) is 105 cm³/mol. The Hall–Kier alpha value is -3.05. The molecular weight excluding hydrogens is 380 g/mol. The van der Waals surface area contributed by atoms with E-state index in [9.17, 15) is 13.6 Å². The van der Waals surface area contributed by atoms with Gasteiger partial charge < -0.3 is 14.8 Å². The summed E-state index contributed by atoms with van der Waals surface area (Å²) in [5.74, 6) is -2.05. The van der Waals surface area contributed by atoms with Crippen molar-refractivity contribution >= 4 is 11.6 Å². The molecule has 1 aliphatic heterocycles. The van der Waals surface area contributed by atoms with Crippen molar-refractivity contribution in [3.05, 3.63) is 53.9 Å². The van der Waals surface area contributed by atoms with Crippen molar-refractivity contribution in [1.29, 1.82) is 5.26 Å². The van der Waals surface area contributed by atoms with Gasteiger partial charge >= 0.3 is 0 Å². The molecule has 0 bridgehead atoms. The number of ether oxygens (including phenoxy) is 2. The van der Waals surface area contributed by atoms with E-state index in [1.165, 1.54) is 25.4 Å². The molecule has 0 spiro atoms. The number of aromatic nitrogens is 1. The molecule has 0 saturated carbocycles. The van der Waals surface area contributed by atoms with E-state index in [0.29, 0.717) is 11.4 Å². The highest BCUT2D eigenvalue weighted by molar-refractivity contribution is 5.94. The monoisotopic (exact) mass is 405 g/mol. The Balaban J connectivity index is 0.000000299. The number of methoxy groups -OCH3 is 1. The maximum absolute atomic E-state index is 12.5. The molecule has 1 fully saturated rings. The average Bonchev–Trinajstić information content (AvgIpc) is 3.19. The van der Waals surface area contributed by atoms with Crippen molar-refractivity contribution < 1.29 is 23.0 Å². The fourth-order valence-electron chi connectivity index (χ4n) is 2.39. The molecule has 3 rings (SSSR count). The van der Waals surface area contributed by atoms with Crippen molar-refractivity contribution in [2.45, 2.75) is 45.8 Å². The first kappa shape index (κ1) is 24.0. The molecule has 2 heterocycles. The van der Waals surface area contributed by atoms with Gasteiger partial charge in [0.05, 0.1) is 25.1 Å². The van der Waals surface area contributed by atoms with Crippen molar-refractivity contribution in [2.24, 2.45) is 0 Å². The molecule has 1 N–H and O–H groups in total. The van der Waals surface area contributed by atoms with E-state index in [0.717, 1.165) is 18.9 Å². The standard InChI is InChI=1S/C12H13N3O2.C7H6F2O.C2H6/c1-8-2-5-11(17-8)12(16)15-10-4-3-9(6-13)14-7-10;1-10-6-4-2-3-5(8)7(6)9;1-2/h3-4,7-8,11H,2,5H2,1H3,(H,15,16);2-4H,1H3;1-2H3. The van der Waals surface area contributed by atoms with Gasteiger partial charge in [-0.25, -0.2) is 9.37 Å². The molecule has 2 aromatic rings. The van der Waals surface area contributed by atoms with Gasteiger partial charge in [0.2, 0.25) is 5.82 Å². The van der Waals surface area contributed by atoms with Crippen LogP contribution in [0.1, 0.15) is 39.3 Å². The third kappa shape index (κ3) is 7.47. The minimum atomic E-state index is -0.940. The number of anilines is 1. The van der Waals surface area contributed by atoms with Gasteiger partial charge in [0.1, 0.15) is 17.9 Å². The van der Waals surface area contributed by atoms with Gasteiger partial charge in [-0.05, 0) is 44.0 Å². The fraction of sp³-hybridized carbons (Fsp3) is 0.381. The topological polar surface area (TPSA) is 84.2 Å². The summed E-state index contributed by atoms with van der Waals surface area (Å²) >= 11 is 0. The highest BCUT2D eigenvalue weighted by Gasteiger charge is 2.28. The summed E-state index contributed by atoms with van der Waals surface area (Å²) < 4.78 is 34.8. The van der Waals surface area contributed by atoms with E-state index >= 15 is 0 Å². The number of carbonyl (C=O) groups excluding carboxylic acids is 1. The number of nitrogens with zero attached hydrogens (tertiary/aromatic N) is 2. The molecule has 156 valence electrons. The quantitative estimate of drug-likeness (QED) is 0.815. The number of carbonyl (C=O) groups is 1. The number of amides is 1. The minimum Gasteiger partial charge on any atom is -0.494 e. The first-order valence-electron chi connectivity index (χ1n) is 9.25. The normalized spacial score (nSPS) is 17.0. The van der Waals surface area contributed by atoms with E-state index in [1.54, 1.807) is 12.1 Å². The number of nitriles is 1. The Labute approximate surface area is 169 Å². The molecule has 8 heteroatoms. The average molecular weight is 405 g/mol. The summed E-state index contributed by atoms with van der Waals surface area (Å²) in [6.45, 7) is 5.95. The van der Waals surface area contributed by atoms with Crippen LogP contribution in [0.25, 0.3) is 0 Å². The van der Waals surface area contributed by atoms with E-state index in [-0.39, 0.29) is 23.9 Å². The number of benzene rings is 1. The Kier molecular flexibility index (Phi) is 10.3. The SMILES string of the molecule is CC.CC1CCC(C(=O)Nc2ccc(C#N)nc2)O1.COc1cccc(F)c1F. The van der Waals surface area contributed by atoms with Gasteiger partial charge in [-0.15, -0.1) is 0 Å². The van der Waals surface area contributed by atoms with Gasteiger partial charge in [0.25, 0.3) is 5.91 Å². The lowest BCUT2D eigenvalue weighted by Crippen LogP contribution is -2.27. The van der Waals surface area contributed by atoms with Crippen molar-refractivity contribution in [1.82, 2.24) is 4.98 Å². The summed E-state index contributed by atoms with van der Waals surface area (Å²) in [5.41, 5.74) is 0.908. The Morgan fingerprint density at radius 1 is 1.28 bits per heavy atom. The summed E-state index contributed by atoms with van der Waals surface area (Å²) in [6.07, 6.45) is 2.89. The van der Waals surface area contributed by atoms with Crippen LogP contribution in [-0.4, -0.2) is 30.2 Å². The molecule has 1 saturated heterocycles. The smallest absolute Gasteiger partial charge is 0.253 e. The van der Waals surface area contributed by atoms with Crippen LogP contribution in [0.4, 0.5) is 14.5 Å². The lowest BCUT2D eigenvalue weighted by molar-refractivity contribution is -0.126. The van der Waals surface area contributed by atoms with Crippen LogP contribution >= 0.6 is 0 Å². The van der Waals surface area contributed by atoms with Crippen LogP contribution < -0.4 is 10.1 Å². The van der Waals surface area contributed by atoms with Gasteiger partial charge in [-0.1, -0.05) is 19.9 Å². The van der Waals surface area contributed by atoms with Crippen molar-refractivity contribution in [3.63, 3.8) is 0 Å². The summed E-state index contributed by atoms with van der Waals surface area (Å²) in [5, 5.41) is 11.3. The summed E-state index contributed by atoms with van der Waals surface area (Å²) in [6, 6.07) is 8.92. The van der Waals surface area contributed by atoms with Gasteiger partial charge in [-0.3, -0.25) is 4.79 Å². The number of halogens is 2. The third-order valence-electron chi connectivity index (χ3n) is 3.81. The maximum Gasteiger partial charge on any atom is 0.253 e. The van der Waals surface area contributed by atoms with Crippen LogP contribution in [0.5, 0.6) is 5.75 Å². The minimum absolute atomic E-state index is 0.0694. The number of pyridine rings is 1. The molecule has 2 atom stereocenters. The third-order valence-corrected chi connectivity index (χ3v) is 3.81. The molecule has 1 aromatic carbocycles. The second-order valence-electron chi connectivity index (χ2n) is 5.80. The Morgan fingerprint density at radius 3 is 2.48 bits per heavy atom. The second kappa shape index (κ2) is 12.4. The van der Waals surface area contributed by atoms with Crippen molar-refractivity contribution in [3.8, 4) is 11.8 Å². The zero-order valence-corrected chi connectivity index (χ0v) is 16.9. The molecular formula is C21H25F2N3O3. The van der Waals surface area contributed by atoms with Crippen LogP contribution in [0.2, 0.25) is 0 Å². The molecule has 1 amide bonds. The van der Waals surface area contributed by atoms with Crippen LogP contribution in [0, 0.1) is 23.0 Å². The van der Waals surface area contributed by atoms with Gasteiger partial charge in [0, 0.05) is 0 Å². The largest absolute Gasteiger partial charge is 0.494 e. The first-order chi connectivity index (χ1) is 13.9. The molecule has 0 radical (unpaired) electrons. The van der Waals surface area contributed by atoms with Gasteiger partial charge in [-0.2, -0.15) is 9.65 Å². The molecule has 6 nitrogen and oxygen atoms in total. The summed E-state index contributed by atoms with van der Waals surface area (Å²) in [4.78, 5) is 15.7. The second-order valence-corrected chi connectivity index (χ2v) is 5.80. The van der Waals surface area contributed by atoms with Crippen LogP contribution in [0.3, 0.4) is 0 Å². The number of hydrogen-bond acceptors (Lipinski definition) is 5. The van der Waals surface area contributed by atoms with Gasteiger partial charge in [0.15, 0.2) is 11.6 Å². The molecule has 29 heavy (non-hydrogen) atoms. The first-order valence-corrected chi connectivity index (χ1v) is 9.25.